The van der Waals surface area contributed by atoms with Gasteiger partial charge in [-0.2, -0.15) is 0 Å². The van der Waals surface area contributed by atoms with E-state index in [0.717, 1.165) is 4.47 Å². The lowest BCUT2D eigenvalue weighted by atomic mass is 10.3. The lowest BCUT2D eigenvalue weighted by molar-refractivity contribution is 0.518. The predicted octanol–water partition coefficient (Wildman–Crippen LogP) is 2.71. The molecule has 2 heterocycles. The maximum Gasteiger partial charge on any atom is 0.267 e. The first-order valence-corrected chi connectivity index (χ1v) is 8.06. The fourth-order valence-electron chi connectivity index (χ4n) is 1.88. The van der Waals surface area contributed by atoms with Gasteiger partial charge >= 0.3 is 0 Å². The zero-order chi connectivity index (χ0) is 14.2. The third-order valence-electron chi connectivity index (χ3n) is 2.88. The molecule has 0 amide bonds. The highest BCUT2D eigenvalue weighted by Gasteiger charge is 2.28. The number of sulfonamides is 1. The second kappa shape index (κ2) is 4.99. The average Bonchev–Trinajstić information content (AvgIpc) is 2.44. The molecule has 7 heteroatoms. The molecule has 0 fully saturated rings. The summed E-state index contributed by atoms with van der Waals surface area (Å²) in [4.78, 5) is 8.57. The smallest absolute Gasteiger partial charge is 0.258 e. The summed E-state index contributed by atoms with van der Waals surface area (Å²) in [6.07, 6.45) is 2.97. The van der Waals surface area contributed by atoms with Crippen molar-refractivity contribution >= 4 is 38.0 Å². The highest BCUT2D eigenvalue weighted by atomic mass is 79.9. The van der Waals surface area contributed by atoms with Crippen molar-refractivity contribution in [1.29, 1.82) is 0 Å². The van der Waals surface area contributed by atoms with Crippen molar-refractivity contribution < 1.29 is 8.42 Å². The Morgan fingerprint density at radius 1 is 1.15 bits per heavy atom. The number of hydrogen-bond acceptors (Lipinski definition) is 4. The van der Waals surface area contributed by atoms with Crippen molar-refractivity contribution in [1.82, 2.24) is 9.29 Å². The van der Waals surface area contributed by atoms with E-state index in [-0.39, 0.29) is 11.4 Å². The molecular weight excluding hydrogens is 342 g/mol. The van der Waals surface area contributed by atoms with Gasteiger partial charge in [0.2, 0.25) is 0 Å². The maximum atomic E-state index is 12.5. The summed E-state index contributed by atoms with van der Waals surface area (Å²) in [5.41, 5.74) is 1.12. The van der Waals surface area contributed by atoms with Crippen molar-refractivity contribution in [3.63, 3.8) is 0 Å². The van der Waals surface area contributed by atoms with Crippen LogP contribution in [0.15, 0.2) is 57.0 Å². The first-order chi connectivity index (χ1) is 9.57. The van der Waals surface area contributed by atoms with Gasteiger partial charge in [-0.05, 0) is 40.2 Å². The van der Waals surface area contributed by atoms with Crippen molar-refractivity contribution in [2.45, 2.75) is 11.4 Å². The van der Waals surface area contributed by atoms with E-state index >= 15 is 0 Å². The van der Waals surface area contributed by atoms with Crippen LogP contribution in [0.4, 0.5) is 5.69 Å². The first-order valence-electron chi connectivity index (χ1n) is 5.83. The van der Waals surface area contributed by atoms with E-state index in [2.05, 4.69) is 25.9 Å². The van der Waals surface area contributed by atoms with Gasteiger partial charge in [-0.15, -0.1) is 0 Å². The third-order valence-corrected chi connectivity index (χ3v) is 5.09. The van der Waals surface area contributed by atoms with Crippen molar-refractivity contribution in [2.24, 2.45) is 4.99 Å². The van der Waals surface area contributed by atoms with Crippen LogP contribution >= 0.6 is 15.9 Å². The van der Waals surface area contributed by atoms with Crippen LogP contribution in [0, 0.1) is 0 Å². The van der Waals surface area contributed by atoms with E-state index in [0.29, 0.717) is 11.4 Å². The van der Waals surface area contributed by atoms with E-state index in [1.807, 2.05) is 6.07 Å². The molecule has 1 aromatic carbocycles. The SMILES string of the molecule is O=S1(=O)c2ccccc2N=CN1Cc1ccc(Br)cn1. The molecule has 2 aromatic rings. The molecule has 1 aliphatic rings. The zero-order valence-corrected chi connectivity index (χ0v) is 12.7. The highest BCUT2D eigenvalue weighted by molar-refractivity contribution is 9.10. The van der Waals surface area contributed by atoms with Gasteiger partial charge < -0.3 is 0 Å². The van der Waals surface area contributed by atoms with Gasteiger partial charge in [0.25, 0.3) is 10.0 Å². The number of halogens is 1. The maximum absolute atomic E-state index is 12.5. The van der Waals surface area contributed by atoms with Crippen LogP contribution in [-0.2, 0) is 16.6 Å². The molecular formula is C13H10BrN3O2S. The number of fused-ring (bicyclic) bond motifs is 1. The Bertz CT molecular complexity index is 772. The molecule has 3 rings (SSSR count). The first kappa shape index (κ1) is 13.3. The van der Waals surface area contributed by atoms with Crippen molar-refractivity contribution in [3.05, 3.63) is 52.8 Å². The third kappa shape index (κ3) is 2.34. The molecule has 0 radical (unpaired) electrons. The van der Waals surface area contributed by atoms with Crippen LogP contribution in [0.5, 0.6) is 0 Å². The Kier molecular flexibility index (Phi) is 3.31. The minimum absolute atomic E-state index is 0.160. The molecule has 0 spiro atoms. The molecule has 5 nitrogen and oxygen atoms in total. The number of hydrogen-bond donors (Lipinski definition) is 0. The standard InChI is InChI=1S/C13H10BrN3O2S/c14-10-5-6-11(15-7-10)8-17-9-16-12-3-1-2-4-13(12)20(17,18)19/h1-7,9H,8H2. The molecule has 0 aliphatic carbocycles. The zero-order valence-electron chi connectivity index (χ0n) is 10.3. The normalized spacial score (nSPS) is 15.9. The number of para-hydroxylation sites is 1. The van der Waals surface area contributed by atoms with Crippen LogP contribution in [0.1, 0.15) is 5.69 Å². The van der Waals surface area contributed by atoms with Crippen LogP contribution in [0.25, 0.3) is 0 Å². The van der Waals surface area contributed by atoms with Gasteiger partial charge in [0.05, 0.1) is 17.9 Å². The number of nitrogens with zero attached hydrogens (tertiary/aromatic N) is 3. The van der Waals surface area contributed by atoms with E-state index < -0.39 is 10.0 Å². The Hall–Kier alpha value is -1.73. The van der Waals surface area contributed by atoms with Crippen LogP contribution in [0.2, 0.25) is 0 Å². The molecule has 0 bridgehead atoms. The lowest BCUT2D eigenvalue weighted by Crippen LogP contribution is -2.31. The average molecular weight is 352 g/mol. The van der Waals surface area contributed by atoms with Crippen molar-refractivity contribution in [2.75, 3.05) is 0 Å². The summed E-state index contributed by atoms with van der Waals surface area (Å²) < 4.78 is 27.0. The summed E-state index contributed by atoms with van der Waals surface area (Å²) in [5.74, 6) is 0. The largest absolute Gasteiger partial charge is 0.267 e. The van der Waals surface area contributed by atoms with E-state index in [1.54, 1.807) is 36.5 Å². The summed E-state index contributed by atoms with van der Waals surface area (Å²) in [5, 5.41) is 0. The number of rotatable bonds is 2. The molecule has 102 valence electrons. The van der Waals surface area contributed by atoms with Gasteiger partial charge in [-0.3, -0.25) is 9.29 Å². The Labute approximate surface area is 125 Å². The van der Waals surface area contributed by atoms with Crippen molar-refractivity contribution in [3.8, 4) is 0 Å². The topological polar surface area (TPSA) is 62.6 Å². The number of aliphatic imine (C=N–C) groups is 1. The fraction of sp³-hybridized carbons (Fsp3) is 0.0769. The molecule has 1 aliphatic heterocycles. The van der Waals surface area contributed by atoms with Crippen LogP contribution in [0.3, 0.4) is 0 Å². The van der Waals surface area contributed by atoms with Gasteiger partial charge in [0.1, 0.15) is 11.2 Å². The summed E-state index contributed by atoms with van der Waals surface area (Å²) in [6.45, 7) is 0.160. The second-order valence-corrected chi connectivity index (χ2v) is 7.00. The minimum Gasteiger partial charge on any atom is -0.258 e. The minimum atomic E-state index is -3.56. The molecule has 0 unspecified atom stereocenters. The van der Waals surface area contributed by atoms with Crippen LogP contribution in [-0.4, -0.2) is 24.0 Å². The second-order valence-electron chi connectivity index (χ2n) is 4.23. The Balaban J connectivity index is 1.95. The Morgan fingerprint density at radius 2 is 1.95 bits per heavy atom. The van der Waals surface area contributed by atoms with Gasteiger partial charge in [-0.1, -0.05) is 12.1 Å². The molecule has 0 saturated heterocycles. The highest BCUT2D eigenvalue weighted by Crippen LogP contribution is 2.30. The van der Waals surface area contributed by atoms with E-state index in [1.165, 1.54) is 10.6 Å². The number of aromatic nitrogens is 1. The molecule has 0 atom stereocenters. The number of benzene rings is 1. The monoisotopic (exact) mass is 351 g/mol. The summed E-state index contributed by atoms with van der Waals surface area (Å²) in [7, 11) is -3.56. The van der Waals surface area contributed by atoms with Gasteiger partial charge in [0, 0.05) is 10.7 Å². The quantitative estimate of drug-likeness (QED) is 0.835. The fourth-order valence-corrected chi connectivity index (χ4v) is 3.48. The lowest BCUT2D eigenvalue weighted by Gasteiger charge is -2.23. The molecule has 20 heavy (non-hydrogen) atoms. The van der Waals surface area contributed by atoms with E-state index in [4.69, 9.17) is 0 Å². The summed E-state index contributed by atoms with van der Waals surface area (Å²) >= 11 is 3.29. The van der Waals surface area contributed by atoms with Gasteiger partial charge in [0.15, 0.2) is 0 Å². The van der Waals surface area contributed by atoms with Gasteiger partial charge in [-0.25, -0.2) is 13.4 Å². The van der Waals surface area contributed by atoms with Crippen LogP contribution < -0.4 is 0 Å². The molecule has 0 N–H and O–H groups in total. The summed E-state index contributed by atoms with van der Waals surface area (Å²) in [6, 6.07) is 10.3. The number of pyridine rings is 1. The predicted molar refractivity (Wildman–Crippen MR) is 79.3 cm³/mol. The molecule has 1 aromatic heterocycles. The van der Waals surface area contributed by atoms with E-state index in [9.17, 15) is 8.42 Å². The Morgan fingerprint density at radius 3 is 2.70 bits per heavy atom. The molecule has 0 saturated carbocycles.